The lowest BCUT2D eigenvalue weighted by Crippen LogP contribution is -2.05. The number of hydrogen-bond donors (Lipinski definition) is 1. The molecule has 4 nitrogen and oxygen atoms in total. The summed E-state index contributed by atoms with van der Waals surface area (Å²) in [6.45, 7) is 1.85. The molecule has 0 aromatic carbocycles. The number of carbonyl (C=O) groups excluding carboxylic acids is 1. The second-order valence-electron chi connectivity index (χ2n) is 1.86. The molecule has 66 valence electrons. The first-order valence-corrected chi connectivity index (χ1v) is 2.90. The summed E-state index contributed by atoms with van der Waals surface area (Å²) in [5.41, 5.74) is 0. The predicted octanol–water partition coefficient (Wildman–Crippen LogP) is -1.18. The van der Waals surface area contributed by atoms with Gasteiger partial charge < -0.3 is 10.6 Å². The number of carboxylic acid groups (broad SMARTS) is 1. The summed E-state index contributed by atoms with van der Waals surface area (Å²) in [6.07, 6.45) is 0.784. The van der Waals surface area contributed by atoms with E-state index in [9.17, 15) is 9.59 Å². The van der Waals surface area contributed by atoms with Gasteiger partial charge in [-0.2, -0.15) is 0 Å². The lowest BCUT2D eigenvalue weighted by Gasteiger charge is -1.90. The zero-order chi connectivity index (χ0) is 7.28. The molecule has 0 saturated carbocycles. The summed E-state index contributed by atoms with van der Waals surface area (Å²) in [7, 11) is 0. The van der Waals surface area contributed by atoms with Gasteiger partial charge in [0, 0.05) is 6.42 Å². The molecule has 5 heteroatoms. The van der Waals surface area contributed by atoms with E-state index in [1.165, 1.54) is 0 Å². The first-order chi connectivity index (χ1) is 4.16. The van der Waals surface area contributed by atoms with Crippen molar-refractivity contribution in [2.24, 2.45) is 0 Å². The van der Waals surface area contributed by atoms with Crippen molar-refractivity contribution in [3.63, 3.8) is 0 Å². The highest BCUT2D eigenvalue weighted by atomic mass is 27.0. The third-order valence-corrected chi connectivity index (χ3v) is 0.877. The molecule has 0 heterocycles. The molecule has 0 unspecified atom stereocenters. The molecule has 0 amide bonds. The molecule has 0 rings (SSSR count). The van der Waals surface area contributed by atoms with Crippen LogP contribution in [0.3, 0.4) is 0 Å². The maximum absolute atomic E-state index is 10.5. The minimum absolute atomic E-state index is 0. The lowest BCUT2D eigenvalue weighted by molar-refractivity contribution is -0.140. The SMILES string of the molecule is CCCC(=O)CC(=O)O.O.[AlH3]. The molecular weight excluding hydrogens is 163 g/mol. The standard InChI is InChI=1S/C6H10O3.Al.H2O.3H/c1-2-3-5(7)4-6(8)9;;;;;/h2-4H2,1H3,(H,8,9);;1H2;;;. The fraction of sp³-hybridized carbons (Fsp3) is 0.667. The van der Waals surface area contributed by atoms with Crippen LogP contribution in [-0.2, 0) is 9.59 Å². The Labute approximate surface area is 76.0 Å². The average Bonchev–Trinajstić information content (AvgIpc) is 1.63. The van der Waals surface area contributed by atoms with E-state index in [0.717, 1.165) is 6.42 Å². The molecule has 0 radical (unpaired) electrons. The van der Waals surface area contributed by atoms with Crippen molar-refractivity contribution < 1.29 is 20.2 Å². The zero-order valence-corrected chi connectivity index (χ0v) is 5.89. The number of ketones is 1. The Morgan fingerprint density at radius 2 is 1.82 bits per heavy atom. The molecule has 0 aromatic heterocycles. The van der Waals surface area contributed by atoms with Gasteiger partial charge in [-0.3, -0.25) is 9.59 Å². The second kappa shape index (κ2) is 9.63. The fourth-order valence-electron chi connectivity index (χ4n) is 0.536. The Morgan fingerprint density at radius 1 is 1.36 bits per heavy atom. The quantitative estimate of drug-likeness (QED) is 0.434. The van der Waals surface area contributed by atoms with Crippen LogP contribution < -0.4 is 0 Å². The highest BCUT2D eigenvalue weighted by Crippen LogP contribution is 1.92. The Bertz CT molecular complexity index is 124. The Hall–Kier alpha value is -0.368. The zero-order valence-electron chi connectivity index (χ0n) is 5.89. The maximum atomic E-state index is 10.5. The predicted molar refractivity (Wildman–Crippen MR) is 45.7 cm³/mol. The summed E-state index contributed by atoms with van der Waals surface area (Å²) in [4.78, 5) is 20.3. The summed E-state index contributed by atoms with van der Waals surface area (Å²) in [6, 6.07) is 0. The first kappa shape index (κ1) is 16.9. The summed E-state index contributed by atoms with van der Waals surface area (Å²) < 4.78 is 0. The molecule has 0 aliphatic heterocycles. The van der Waals surface area contributed by atoms with Crippen molar-refractivity contribution in [3.05, 3.63) is 0 Å². The van der Waals surface area contributed by atoms with Gasteiger partial charge in [0.15, 0.2) is 17.4 Å². The number of hydrogen-bond acceptors (Lipinski definition) is 2. The second-order valence-corrected chi connectivity index (χ2v) is 1.86. The van der Waals surface area contributed by atoms with Gasteiger partial charge in [-0.05, 0) is 6.42 Å². The third-order valence-electron chi connectivity index (χ3n) is 0.877. The van der Waals surface area contributed by atoms with E-state index < -0.39 is 5.97 Å². The van der Waals surface area contributed by atoms with Crippen LogP contribution in [0.15, 0.2) is 0 Å². The molecule has 0 aliphatic carbocycles. The van der Waals surface area contributed by atoms with Gasteiger partial charge >= 0.3 is 5.97 Å². The summed E-state index contributed by atoms with van der Waals surface area (Å²) in [5, 5.41) is 8.09. The minimum atomic E-state index is -1.03. The largest absolute Gasteiger partial charge is 0.481 e. The maximum Gasteiger partial charge on any atom is 0.310 e. The Balaban J connectivity index is -0.000000320. The average molecular weight is 178 g/mol. The number of carboxylic acids is 1. The molecule has 0 atom stereocenters. The number of aliphatic carboxylic acids is 1. The molecule has 11 heavy (non-hydrogen) atoms. The van der Waals surface area contributed by atoms with E-state index in [-0.39, 0.29) is 35.0 Å². The monoisotopic (exact) mass is 178 g/mol. The normalized spacial score (nSPS) is 7.36. The molecule has 0 aromatic rings. The molecular formula is C6H15AlO4. The highest BCUT2D eigenvalue weighted by molar-refractivity contribution is 5.94. The van der Waals surface area contributed by atoms with Crippen molar-refractivity contribution in [1.82, 2.24) is 0 Å². The smallest absolute Gasteiger partial charge is 0.310 e. The Morgan fingerprint density at radius 3 is 2.09 bits per heavy atom. The van der Waals surface area contributed by atoms with Crippen LogP contribution in [-0.4, -0.2) is 39.7 Å². The van der Waals surface area contributed by atoms with Crippen LogP contribution in [0.1, 0.15) is 26.2 Å². The van der Waals surface area contributed by atoms with E-state index >= 15 is 0 Å². The topological polar surface area (TPSA) is 85.9 Å². The van der Waals surface area contributed by atoms with Crippen molar-refractivity contribution in [1.29, 1.82) is 0 Å². The Kier molecular flexibility index (Phi) is 14.8. The van der Waals surface area contributed by atoms with Crippen LogP contribution in [0, 0.1) is 0 Å². The third kappa shape index (κ3) is 12.8. The van der Waals surface area contributed by atoms with E-state index in [1.54, 1.807) is 0 Å². The molecule has 3 N–H and O–H groups in total. The summed E-state index contributed by atoms with van der Waals surface area (Å²) in [5.74, 6) is -1.22. The van der Waals surface area contributed by atoms with E-state index in [1.807, 2.05) is 6.92 Å². The van der Waals surface area contributed by atoms with E-state index in [4.69, 9.17) is 5.11 Å². The number of carbonyl (C=O) groups is 2. The van der Waals surface area contributed by atoms with Crippen LogP contribution in [0.4, 0.5) is 0 Å². The number of Topliss-reactive ketones (excluding diaryl/α,β-unsaturated/α-hetero) is 1. The van der Waals surface area contributed by atoms with Crippen LogP contribution >= 0.6 is 0 Å². The van der Waals surface area contributed by atoms with Crippen LogP contribution in [0.5, 0.6) is 0 Å². The molecule has 0 spiro atoms. The number of rotatable bonds is 4. The van der Waals surface area contributed by atoms with Gasteiger partial charge in [-0.1, -0.05) is 6.92 Å². The van der Waals surface area contributed by atoms with Gasteiger partial charge in [0.1, 0.15) is 12.2 Å². The van der Waals surface area contributed by atoms with Gasteiger partial charge in [0.05, 0.1) is 0 Å². The van der Waals surface area contributed by atoms with Gasteiger partial charge in [0.25, 0.3) is 0 Å². The molecule has 0 saturated heterocycles. The van der Waals surface area contributed by atoms with Crippen molar-refractivity contribution in [3.8, 4) is 0 Å². The molecule has 0 bridgehead atoms. The lowest BCUT2D eigenvalue weighted by atomic mass is 10.2. The van der Waals surface area contributed by atoms with Gasteiger partial charge in [-0.15, -0.1) is 0 Å². The van der Waals surface area contributed by atoms with Crippen molar-refractivity contribution >= 4 is 29.1 Å². The summed E-state index contributed by atoms with van der Waals surface area (Å²) >= 11 is 0. The molecule has 0 fully saturated rings. The van der Waals surface area contributed by atoms with Gasteiger partial charge in [-0.25, -0.2) is 0 Å². The molecule has 0 aliphatic rings. The van der Waals surface area contributed by atoms with Crippen LogP contribution in [0.25, 0.3) is 0 Å². The van der Waals surface area contributed by atoms with E-state index in [0.29, 0.717) is 6.42 Å². The van der Waals surface area contributed by atoms with Crippen molar-refractivity contribution in [2.75, 3.05) is 0 Å². The van der Waals surface area contributed by atoms with E-state index in [2.05, 4.69) is 0 Å². The highest BCUT2D eigenvalue weighted by Gasteiger charge is 2.04. The van der Waals surface area contributed by atoms with Crippen molar-refractivity contribution in [2.45, 2.75) is 26.2 Å². The van der Waals surface area contributed by atoms with Crippen LogP contribution in [0.2, 0.25) is 0 Å². The fourth-order valence-corrected chi connectivity index (χ4v) is 0.536. The first-order valence-electron chi connectivity index (χ1n) is 2.90. The minimum Gasteiger partial charge on any atom is -0.481 e. The van der Waals surface area contributed by atoms with Gasteiger partial charge in [0.2, 0.25) is 0 Å².